The van der Waals surface area contributed by atoms with Crippen LogP contribution in [0, 0.1) is 6.92 Å². The van der Waals surface area contributed by atoms with Crippen molar-refractivity contribution in [3.05, 3.63) is 141 Å². The number of thiophene rings is 1. The van der Waals surface area contributed by atoms with Crippen molar-refractivity contribution < 1.29 is 23.9 Å². The summed E-state index contributed by atoms with van der Waals surface area (Å²) in [6.07, 6.45) is 2.11. The Morgan fingerprint density at radius 1 is 0.900 bits per heavy atom. The minimum atomic E-state index is -0.533. The van der Waals surface area contributed by atoms with E-state index in [0.29, 0.717) is 33.8 Å². The Morgan fingerprint density at radius 3 is 2.30 bits per heavy atom. The van der Waals surface area contributed by atoms with E-state index >= 15 is 0 Å². The summed E-state index contributed by atoms with van der Waals surface area (Å²) >= 11 is 6.03. The molecule has 254 valence electrons. The Balaban J connectivity index is 1.32. The zero-order valence-electron chi connectivity index (χ0n) is 27.5. The second-order valence-electron chi connectivity index (χ2n) is 11.1. The predicted octanol–water partition coefficient (Wildman–Crippen LogP) is 9.19. The van der Waals surface area contributed by atoms with E-state index in [9.17, 15) is 19.2 Å². The fourth-order valence-corrected chi connectivity index (χ4v) is 7.13. The summed E-state index contributed by atoms with van der Waals surface area (Å²) in [6, 6.07) is 30.9. The molecule has 0 saturated heterocycles. The highest BCUT2D eigenvalue weighted by Crippen LogP contribution is 2.37. The number of amides is 3. The second kappa shape index (κ2) is 17.1. The third-order valence-corrected chi connectivity index (χ3v) is 10.3. The van der Waals surface area contributed by atoms with Crippen molar-refractivity contribution in [2.45, 2.75) is 30.4 Å². The molecular formula is C39H34BrN3O5S2. The number of hydrogen-bond acceptors (Lipinski definition) is 7. The van der Waals surface area contributed by atoms with Crippen LogP contribution < -0.4 is 16.0 Å². The molecule has 0 aliphatic heterocycles. The first-order chi connectivity index (χ1) is 24.1. The molecule has 1 aromatic heterocycles. The van der Waals surface area contributed by atoms with E-state index in [2.05, 4.69) is 31.9 Å². The molecule has 1 atom stereocenters. The van der Waals surface area contributed by atoms with Crippen LogP contribution in [0.25, 0.3) is 17.2 Å². The molecule has 5 aromatic rings. The summed E-state index contributed by atoms with van der Waals surface area (Å²) < 4.78 is 5.96. The zero-order chi connectivity index (χ0) is 35.6. The summed E-state index contributed by atoms with van der Waals surface area (Å²) in [7, 11) is 1.32. The van der Waals surface area contributed by atoms with E-state index in [4.69, 9.17) is 4.74 Å². The number of ether oxygens (including phenoxy) is 1. The highest BCUT2D eigenvalue weighted by Gasteiger charge is 2.25. The third kappa shape index (κ3) is 9.38. The number of carbonyl (C=O) groups excluding carboxylic acids is 4. The number of rotatable bonds is 12. The molecule has 8 nitrogen and oxygen atoms in total. The molecule has 3 amide bonds. The summed E-state index contributed by atoms with van der Waals surface area (Å²) in [5.74, 6) is -1.73. The fourth-order valence-electron chi connectivity index (χ4n) is 4.89. The van der Waals surface area contributed by atoms with Gasteiger partial charge in [0.05, 0.1) is 12.4 Å². The highest BCUT2D eigenvalue weighted by molar-refractivity contribution is 9.10. The lowest BCUT2D eigenvalue weighted by molar-refractivity contribution is -0.116. The maximum atomic E-state index is 13.6. The molecule has 1 heterocycles. The number of methoxy groups -OCH3 is 1. The van der Waals surface area contributed by atoms with E-state index in [1.165, 1.54) is 30.2 Å². The maximum Gasteiger partial charge on any atom is 0.341 e. The molecule has 11 heteroatoms. The summed E-state index contributed by atoms with van der Waals surface area (Å²) in [5.41, 5.74) is 4.63. The molecule has 4 aromatic carbocycles. The van der Waals surface area contributed by atoms with E-state index < -0.39 is 23.0 Å². The van der Waals surface area contributed by atoms with Gasteiger partial charge in [-0.2, -0.15) is 0 Å². The predicted molar refractivity (Wildman–Crippen MR) is 205 cm³/mol. The number of nitrogens with one attached hydrogen (secondary N) is 3. The van der Waals surface area contributed by atoms with E-state index in [0.717, 1.165) is 26.1 Å². The summed E-state index contributed by atoms with van der Waals surface area (Å²) in [5, 5.41) is 10.3. The summed E-state index contributed by atoms with van der Waals surface area (Å²) in [6.45, 7) is 3.90. The first-order valence-corrected chi connectivity index (χ1v) is 18.2. The van der Waals surface area contributed by atoms with Crippen molar-refractivity contribution in [3.63, 3.8) is 0 Å². The topological polar surface area (TPSA) is 114 Å². The first kappa shape index (κ1) is 36.3. The van der Waals surface area contributed by atoms with Gasteiger partial charge >= 0.3 is 5.97 Å². The van der Waals surface area contributed by atoms with Gasteiger partial charge in [0.1, 0.15) is 16.3 Å². The van der Waals surface area contributed by atoms with Crippen molar-refractivity contribution in [1.82, 2.24) is 5.32 Å². The molecule has 0 radical (unpaired) electrons. The lowest BCUT2D eigenvalue weighted by Crippen LogP contribution is -2.30. The Bertz CT molecular complexity index is 2030. The average molecular weight is 769 g/mol. The van der Waals surface area contributed by atoms with Crippen LogP contribution in [-0.4, -0.2) is 36.1 Å². The van der Waals surface area contributed by atoms with E-state index in [1.54, 1.807) is 48.5 Å². The number of carbonyl (C=O) groups is 4. The molecule has 0 fully saturated rings. The fraction of sp³-hybridized carbons (Fsp3) is 0.128. The number of thioether (sulfide) groups is 1. The Hall–Kier alpha value is -4.97. The Labute approximate surface area is 307 Å². The van der Waals surface area contributed by atoms with Crippen LogP contribution in [0.2, 0.25) is 0 Å². The van der Waals surface area contributed by atoms with E-state index in [1.807, 2.05) is 79.9 Å². The zero-order valence-corrected chi connectivity index (χ0v) is 30.7. The van der Waals surface area contributed by atoms with Crippen LogP contribution in [0.4, 0.5) is 10.7 Å². The van der Waals surface area contributed by atoms with Crippen LogP contribution in [-0.2, 0) is 14.3 Å². The van der Waals surface area contributed by atoms with Gasteiger partial charge in [0, 0.05) is 31.6 Å². The minimum absolute atomic E-state index is 0.0624. The SMILES string of the molecule is CCC(Sc1cccc(NC(=O)/C(=C/c2ccc(Br)cc2)NC(=O)c2ccccc2)c1)C(=O)Nc1scc(-c2ccc(C)cc2)c1C(=O)OC. The molecule has 50 heavy (non-hydrogen) atoms. The van der Waals surface area contributed by atoms with Crippen LogP contribution >= 0.6 is 39.0 Å². The molecule has 0 aliphatic carbocycles. The average Bonchev–Trinajstić information content (AvgIpc) is 3.54. The lowest BCUT2D eigenvalue weighted by atomic mass is 10.0. The number of hydrogen-bond donors (Lipinski definition) is 3. The van der Waals surface area contributed by atoms with Gasteiger partial charge in [-0.1, -0.05) is 89.1 Å². The normalized spacial score (nSPS) is 11.7. The van der Waals surface area contributed by atoms with Crippen LogP contribution in [0.5, 0.6) is 0 Å². The molecule has 1 unspecified atom stereocenters. The molecule has 3 N–H and O–H groups in total. The van der Waals surface area contributed by atoms with Crippen molar-refractivity contribution >= 4 is 79.5 Å². The number of anilines is 2. The smallest absolute Gasteiger partial charge is 0.341 e. The monoisotopic (exact) mass is 767 g/mol. The van der Waals surface area contributed by atoms with Crippen molar-refractivity contribution in [2.75, 3.05) is 17.7 Å². The number of halogens is 1. The van der Waals surface area contributed by atoms with Gasteiger partial charge in [-0.15, -0.1) is 23.1 Å². The van der Waals surface area contributed by atoms with Crippen LogP contribution in [0.15, 0.2) is 124 Å². The van der Waals surface area contributed by atoms with Crippen LogP contribution in [0.1, 0.15) is 45.2 Å². The number of aryl methyl sites for hydroxylation is 1. The molecule has 0 bridgehead atoms. The lowest BCUT2D eigenvalue weighted by Gasteiger charge is -2.16. The highest BCUT2D eigenvalue weighted by atomic mass is 79.9. The molecule has 0 spiro atoms. The van der Waals surface area contributed by atoms with Crippen molar-refractivity contribution in [2.24, 2.45) is 0 Å². The largest absolute Gasteiger partial charge is 0.465 e. The van der Waals surface area contributed by atoms with Gasteiger partial charge < -0.3 is 20.7 Å². The van der Waals surface area contributed by atoms with Gasteiger partial charge in [0.2, 0.25) is 5.91 Å². The van der Waals surface area contributed by atoms with Crippen molar-refractivity contribution in [1.29, 1.82) is 0 Å². The Morgan fingerprint density at radius 2 is 1.62 bits per heavy atom. The number of benzene rings is 4. The molecular weight excluding hydrogens is 734 g/mol. The standard InChI is InChI=1S/C39H34BrN3O5S2/c1-4-33(37(46)43-38-34(39(47)48-3)31(23-49-38)26-17-13-24(2)14-18-26)50-30-12-8-11-29(22-30)41-36(45)32(21-25-15-19-28(40)20-16-25)42-35(44)27-9-6-5-7-10-27/h5-23,33H,4H2,1-3H3,(H,41,45)(H,42,44)(H,43,46)/b32-21-. The van der Waals surface area contributed by atoms with Crippen molar-refractivity contribution in [3.8, 4) is 11.1 Å². The Kier molecular flexibility index (Phi) is 12.4. The maximum absolute atomic E-state index is 13.6. The quantitative estimate of drug-likeness (QED) is 0.0663. The van der Waals surface area contributed by atoms with Crippen LogP contribution in [0.3, 0.4) is 0 Å². The minimum Gasteiger partial charge on any atom is -0.465 e. The molecule has 0 saturated carbocycles. The van der Waals surface area contributed by atoms with Gasteiger partial charge in [0.25, 0.3) is 11.8 Å². The third-order valence-electron chi connectivity index (χ3n) is 7.52. The van der Waals surface area contributed by atoms with Gasteiger partial charge in [0.15, 0.2) is 0 Å². The number of esters is 1. The van der Waals surface area contributed by atoms with Gasteiger partial charge in [-0.25, -0.2) is 4.79 Å². The van der Waals surface area contributed by atoms with E-state index in [-0.39, 0.29) is 11.6 Å². The van der Waals surface area contributed by atoms with Gasteiger partial charge in [-0.3, -0.25) is 14.4 Å². The molecule has 5 rings (SSSR count). The summed E-state index contributed by atoms with van der Waals surface area (Å²) in [4.78, 5) is 53.8. The van der Waals surface area contributed by atoms with Gasteiger partial charge in [-0.05, 0) is 73.0 Å². The molecule has 0 aliphatic rings. The first-order valence-electron chi connectivity index (χ1n) is 15.6. The second-order valence-corrected chi connectivity index (χ2v) is 14.2.